The maximum absolute atomic E-state index is 12.2. The highest BCUT2D eigenvalue weighted by atomic mass is 16.5. The van der Waals surface area contributed by atoms with E-state index in [1.165, 1.54) is 4.68 Å². The van der Waals surface area contributed by atoms with Crippen LogP contribution in [0.2, 0.25) is 0 Å². The average Bonchev–Trinajstić information content (AvgIpc) is 2.78. The Labute approximate surface area is 118 Å². The third-order valence-corrected chi connectivity index (χ3v) is 3.13. The molecule has 0 radical (unpaired) electrons. The third-order valence-electron chi connectivity index (χ3n) is 3.13. The Morgan fingerprint density at radius 3 is 2.50 bits per heavy atom. The molecule has 108 valence electrons. The van der Waals surface area contributed by atoms with Gasteiger partial charge in [0.25, 0.3) is 5.56 Å². The molecule has 5 nitrogen and oxygen atoms in total. The van der Waals surface area contributed by atoms with Crippen molar-refractivity contribution in [2.24, 2.45) is 7.05 Å². The first-order valence-electron chi connectivity index (χ1n) is 6.55. The van der Waals surface area contributed by atoms with E-state index in [0.717, 1.165) is 11.5 Å². The molecule has 0 spiro atoms. The number of hydrogen-bond acceptors (Lipinski definition) is 3. The van der Waals surface area contributed by atoms with Crippen LogP contribution in [0.1, 0.15) is 39.0 Å². The summed E-state index contributed by atoms with van der Waals surface area (Å²) in [6, 6.07) is 0. The zero-order valence-corrected chi connectivity index (χ0v) is 12.9. The summed E-state index contributed by atoms with van der Waals surface area (Å²) in [6.07, 6.45) is 3.56. The van der Waals surface area contributed by atoms with Crippen LogP contribution in [0.5, 0.6) is 0 Å². The molecule has 0 atom stereocenters. The van der Waals surface area contributed by atoms with Crippen molar-refractivity contribution >= 4 is 6.08 Å². The predicted octanol–water partition coefficient (Wildman–Crippen LogP) is 2.29. The lowest BCUT2D eigenvalue weighted by molar-refractivity contribution is 0.270. The molecule has 0 aromatic carbocycles. The number of aryl methyl sites for hydroxylation is 1. The Morgan fingerprint density at radius 1 is 1.35 bits per heavy atom. The van der Waals surface area contributed by atoms with Crippen LogP contribution in [0, 0.1) is 0 Å². The van der Waals surface area contributed by atoms with E-state index in [2.05, 4.69) is 31.6 Å². The van der Waals surface area contributed by atoms with Gasteiger partial charge in [-0.2, -0.15) is 0 Å². The third kappa shape index (κ3) is 2.58. The number of ether oxygens (including phenoxy) is 1. The Morgan fingerprint density at radius 2 is 2.00 bits per heavy atom. The summed E-state index contributed by atoms with van der Waals surface area (Å²) in [5.41, 5.74) is 4.36. The van der Waals surface area contributed by atoms with Crippen LogP contribution in [-0.2, 0) is 17.2 Å². The number of allylic oxidation sites excluding steroid dienone is 1. The number of H-pyrrole nitrogens is 1. The van der Waals surface area contributed by atoms with Gasteiger partial charge < -0.3 is 9.64 Å². The fourth-order valence-corrected chi connectivity index (χ4v) is 2.12. The molecule has 2 rings (SSSR count). The lowest BCUT2D eigenvalue weighted by Gasteiger charge is -2.16. The minimum atomic E-state index is -0.144. The van der Waals surface area contributed by atoms with Gasteiger partial charge in [-0.3, -0.25) is 14.6 Å². The van der Waals surface area contributed by atoms with Gasteiger partial charge in [-0.05, 0) is 6.92 Å². The summed E-state index contributed by atoms with van der Waals surface area (Å²) in [4.78, 5) is 14.0. The molecule has 1 aromatic rings. The van der Waals surface area contributed by atoms with E-state index < -0.39 is 0 Å². The highest BCUT2D eigenvalue weighted by molar-refractivity contribution is 5.52. The van der Waals surface area contributed by atoms with Crippen molar-refractivity contribution in [3.8, 4) is 0 Å². The van der Waals surface area contributed by atoms with Crippen molar-refractivity contribution < 1.29 is 4.74 Å². The van der Waals surface area contributed by atoms with E-state index in [1.54, 1.807) is 13.1 Å². The van der Waals surface area contributed by atoms with Crippen LogP contribution in [0.3, 0.4) is 0 Å². The van der Waals surface area contributed by atoms with Crippen LogP contribution in [0.25, 0.3) is 6.08 Å². The van der Waals surface area contributed by atoms with E-state index in [1.807, 2.05) is 25.1 Å². The molecule has 0 saturated carbocycles. The smallest absolute Gasteiger partial charge is 0.274 e. The van der Waals surface area contributed by atoms with Gasteiger partial charge >= 0.3 is 0 Å². The first-order valence-corrected chi connectivity index (χ1v) is 6.55. The van der Waals surface area contributed by atoms with Gasteiger partial charge in [-0.25, -0.2) is 0 Å². The first-order chi connectivity index (χ1) is 9.20. The molecule has 5 heteroatoms. The number of rotatable bonds is 1. The van der Waals surface area contributed by atoms with Gasteiger partial charge in [0.05, 0.1) is 11.3 Å². The molecule has 0 aliphatic carbocycles. The molecule has 0 unspecified atom stereocenters. The number of aromatic amines is 1. The molecule has 20 heavy (non-hydrogen) atoms. The summed E-state index contributed by atoms with van der Waals surface area (Å²) in [5.74, 6) is 1.40. The molecule has 1 aliphatic rings. The minimum absolute atomic E-state index is 0.0617. The van der Waals surface area contributed by atoms with Crippen LogP contribution < -0.4 is 5.56 Å². The van der Waals surface area contributed by atoms with Gasteiger partial charge in [0.1, 0.15) is 5.76 Å². The highest BCUT2D eigenvalue weighted by Crippen LogP contribution is 2.23. The molecule has 1 aliphatic heterocycles. The number of aromatic nitrogens is 2. The Bertz CT molecular complexity index is 677. The van der Waals surface area contributed by atoms with Crippen LogP contribution in [0.15, 0.2) is 28.4 Å². The lowest BCUT2D eigenvalue weighted by atomic mass is 9.89. The van der Waals surface area contributed by atoms with Gasteiger partial charge in [-0.15, -0.1) is 0 Å². The summed E-state index contributed by atoms with van der Waals surface area (Å²) in [5, 5.41) is 3.10. The van der Waals surface area contributed by atoms with Crippen molar-refractivity contribution in [2.75, 3.05) is 7.05 Å². The van der Waals surface area contributed by atoms with E-state index in [4.69, 9.17) is 4.74 Å². The summed E-state index contributed by atoms with van der Waals surface area (Å²) in [6.45, 7) is 8.06. The maximum atomic E-state index is 12.2. The fraction of sp³-hybridized carbons (Fsp3) is 0.467. The molecular weight excluding hydrogens is 254 g/mol. The van der Waals surface area contributed by atoms with E-state index in [0.29, 0.717) is 11.4 Å². The van der Waals surface area contributed by atoms with Gasteiger partial charge in [0, 0.05) is 31.8 Å². The maximum Gasteiger partial charge on any atom is 0.274 e. The topological polar surface area (TPSA) is 50.3 Å². The quantitative estimate of drug-likeness (QED) is 0.800. The molecular formula is C15H21N3O2. The van der Waals surface area contributed by atoms with E-state index in [9.17, 15) is 4.79 Å². The SMILES string of the molecule is CC1=CN(C)C(=C=Cc2c(C(C)(C)C)[nH]n(C)c2=O)O1. The van der Waals surface area contributed by atoms with Gasteiger partial charge in [0.2, 0.25) is 5.88 Å². The summed E-state index contributed by atoms with van der Waals surface area (Å²) < 4.78 is 7.00. The molecule has 1 N–H and O–H groups in total. The standard InChI is InChI=1S/C15H21N3O2/c1-10-9-17(5)12(20-10)8-7-11-13(15(2,3)4)16-18(6)14(11)19/h7,9,16H,1-6H3. The molecule has 0 saturated heterocycles. The predicted molar refractivity (Wildman–Crippen MR) is 78.8 cm³/mol. The fourth-order valence-electron chi connectivity index (χ4n) is 2.12. The van der Waals surface area contributed by atoms with E-state index in [-0.39, 0.29) is 11.0 Å². The Hall–Kier alpha value is -2.13. The highest BCUT2D eigenvalue weighted by Gasteiger charge is 2.22. The Kier molecular flexibility index (Phi) is 3.40. The minimum Gasteiger partial charge on any atom is -0.437 e. The molecule has 2 heterocycles. The Balaban J connectivity index is 2.50. The van der Waals surface area contributed by atoms with Crippen LogP contribution >= 0.6 is 0 Å². The zero-order valence-electron chi connectivity index (χ0n) is 12.9. The van der Waals surface area contributed by atoms with Crippen molar-refractivity contribution in [1.29, 1.82) is 0 Å². The van der Waals surface area contributed by atoms with Crippen molar-refractivity contribution in [3.63, 3.8) is 0 Å². The first kappa shape index (κ1) is 14.3. The van der Waals surface area contributed by atoms with Crippen molar-refractivity contribution in [2.45, 2.75) is 33.1 Å². The number of nitrogens with zero attached hydrogens (tertiary/aromatic N) is 2. The molecule has 1 aromatic heterocycles. The van der Waals surface area contributed by atoms with Crippen LogP contribution in [0.4, 0.5) is 0 Å². The monoisotopic (exact) mass is 275 g/mol. The van der Waals surface area contributed by atoms with E-state index >= 15 is 0 Å². The average molecular weight is 275 g/mol. The molecule has 0 fully saturated rings. The lowest BCUT2D eigenvalue weighted by Crippen LogP contribution is -2.15. The second-order valence-electron chi connectivity index (χ2n) is 6.06. The second-order valence-corrected chi connectivity index (χ2v) is 6.06. The van der Waals surface area contributed by atoms with Gasteiger partial charge in [-0.1, -0.05) is 26.5 Å². The summed E-state index contributed by atoms with van der Waals surface area (Å²) in [7, 11) is 3.60. The normalized spacial score (nSPS) is 15.0. The van der Waals surface area contributed by atoms with Crippen molar-refractivity contribution in [1.82, 2.24) is 14.7 Å². The van der Waals surface area contributed by atoms with Crippen LogP contribution in [-0.4, -0.2) is 21.7 Å². The summed E-state index contributed by atoms with van der Waals surface area (Å²) >= 11 is 0. The number of nitrogens with one attached hydrogen (secondary N) is 1. The molecule has 0 bridgehead atoms. The molecule has 0 amide bonds. The largest absolute Gasteiger partial charge is 0.437 e. The zero-order chi connectivity index (χ0) is 15.1. The number of hydrogen-bond donors (Lipinski definition) is 1. The van der Waals surface area contributed by atoms with Gasteiger partial charge in [0.15, 0.2) is 0 Å². The van der Waals surface area contributed by atoms with Crippen molar-refractivity contribution in [3.05, 3.63) is 45.2 Å². The second kappa shape index (κ2) is 4.76.